The average molecular weight is 626 g/mol. The van der Waals surface area contributed by atoms with E-state index in [4.69, 9.17) is 4.74 Å². The fourth-order valence-corrected chi connectivity index (χ4v) is 5.84. The summed E-state index contributed by atoms with van der Waals surface area (Å²) in [6.45, 7) is 6.81. The monoisotopic (exact) mass is 625 g/mol. The quantitative estimate of drug-likeness (QED) is 0.215. The number of hydrogen-bond acceptors (Lipinski definition) is 7. The highest BCUT2D eigenvalue weighted by molar-refractivity contribution is 7.09. The number of rotatable bonds is 15. The molecule has 0 aliphatic heterocycles. The minimum Gasteiger partial charge on any atom is -0.481 e. The van der Waals surface area contributed by atoms with Gasteiger partial charge in [0.15, 0.2) is 6.10 Å². The molecule has 1 aromatic heterocycles. The highest BCUT2D eigenvalue weighted by Gasteiger charge is 2.31. The van der Waals surface area contributed by atoms with Crippen molar-refractivity contribution in [1.29, 1.82) is 0 Å². The van der Waals surface area contributed by atoms with Gasteiger partial charge in [-0.05, 0) is 42.0 Å². The van der Waals surface area contributed by atoms with Gasteiger partial charge in [0.2, 0.25) is 5.91 Å². The summed E-state index contributed by atoms with van der Waals surface area (Å²) in [4.78, 5) is 56.2. The first-order valence-electron chi connectivity index (χ1n) is 14.5. The molecular weight excluding hydrogens is 585 g/mol. The van der Waals surface area contributed by atoms with E-state index in [0.717, 1.165) is 5.56 Å². The Bertz CT molecular complexity index is 1410. The lowest BCUT2D eigenvalue weighted by Gasteiger charge is -2.33. The number of nitrogens with zero attached hydrogens (tertiary/aromatic N) is 2. The molecule has 0 aliphatic rings. The molecule has 0 fully saturated rings. The van der Waals surface area contributed by atoms with Crippen molar-refractivity contribution >= 4 is 35.1 Å². The molecule has 236 valence electrons. The molecule has 0 saturated heterocycles. The third-order valence-electron chi connectivity index (χ3n) is 7.44. The van der Waals surface area contributed by atoms with E-state index in [-0.39, 0.29) is 48.6 Å². The van der Waals surface area contributed by atoms with Crippen LogP contribution in [0.2, 0.25) is 0 Å². The molecule has 11 heteroatoms. The van der Waals surface area contributed by atoms with Gasteiger partial charge in [0.05, 0.1) is 12.3 Å². The van der Waals surface area contributed by atoms with E-state index in [1.807, 2.05) is 44.2 Å². The lowest BCUT2D eigenvalue weighted by atomic mass is 9.95. The smallest absolute Gasteiger partial charge is 0.306 e. The van der Waals surface area contributed by atoms with E-state index >= 15 is 0 Å². The van der Waals surface area contributed by atoms with E-state index in [1.165, 1.54) is 30.4 Å². The number of halogens is 1. The summed E-state index contributed by atoms with van der Waals surface area (Å²) in [5.74, 6) is -3.15. The topological polar surface area (TPSA) is 126 Å². The van der Waals surface area contributed by atoms with Crippen LogP contribution < -0.4 is 5.32 Å². The normalized spacial score (nSPS) is 13.9. The number of aliphatic carboxylic acids is 1. The van der Waals surface area contributed by atoms with Gasteiger partial charge in [-0.2, -0.15) is 0 Å². The van der Waals surface area contributed by atoms with Gasteiger partial charge < -0.3 is 20.1 Å². The molecule has 44 heavy (non-hydrogen) atoms. The Morgan fingerprint density at radius 3 is 2.25 bits per heavy atom. The number of carbonyl (C=O) groups excluding carboxylic acids is 3. The van der Waals surface area contributed by atoms with E-state index < -0.39 is 35.9 Å². The van der Waals surface area contributed by atoms with E-state index in [1.54, 1.807) is 36.4 Å². The Balaban J connectivity index is 1.77. The van der Waals surface area contributed by atoms with Gasteiger partial charge in [-0.15, -0.1) is 11.3 Å². The number of carbonyl (C=O) groups is 4. The molecule has 0 spiro atoms. The zero-order valence-corrected chi connectivity index (χ0v) is 26.5. The molecular formula is C33H40FN3O6S. The maximum absolute atomic E-state index is 13.3. The summed E-state index contributed by atoms with van der Waals surface area (Å²) in [6, 6.07) is 14.5. The number of likely N-dealkylation sites (N-methyl/N-ethyl adjacent to an activating group) is 1. The van der Waals surface area contributed by atoms with Crippen molar-refractivity contribution in [2.24, 2.45) is 11.8 Å². The zero-order valence-electron chi connectivity index (χ0n) is 25.7. The van der Waals surface area contributed by atoms with Crippen molar-refractivity contribution in [2.45, 2.75) is 71.6 Å². The van der Waals surface area contributed by atoms with Gasteiger partial charge >= 0.3 is 11.9 Å². The summed E-state index contributed by atoms with van der Waals surface area (Å²) in [5.41, 5.74) is 1.77. The number of hydrogen-bond donors (Lipinski definition) is 2. The Morgan fingerprint density at radius 2 is 1.66 bits per heavy atom. The van der Waals surface area contributed by atoms with Gasteiger partial charge in [0.25, 0.3) is 5.91 Å². The largest absolute Gasteiger partial charge is 0.481 e. The fourth-order valence-electron chi connectivity index (χ4n) is 5.00. The lowest BCUT2D eigenvalue weighted by Crippen LogP contribution is -2.42. The maximum Gasteiger partial charge on any atom is 0.306 e. The number of benzene rings is 2. The molecule has 3 unspecified atom stereocenters. The van der Waals surface area contributed by atoms with Crippen molar-refractivity contribution in [3.05, 3.63) is 87.6 Å². The zero-order chi connectivity index (χ0) is 32.4. The summed E-state index contributed by atoms with van der Waals surface area (Å²) in [7, 11) is 1.69. The minimum absolute atomic E-state index is 0.00655. The first-order valence-corrected chi connectivity index (χ1v) is 15.4. The average Bonchev–Trinajstić information content (AvgIpc) is 3.47. The number of amides is 2. The standard InChI is InChI=1S/C33H40FN3O6S/c1-20(2)28(37(5)30(39)17-24-11-13-25(34)14-12-24)18-29(43-22(4)38)32-36-27(19-44-32)31(40)35-26(15-21(3)33(41)42)16-23-9-7-6-8-10-23/h6-14,19-21,26,28-29H,15-18H2,1-5H3,(H,35,40)(H,41,42)/t21-,26?,28?,29?/m0/s1. The SMILES string of the molecule is CC(=O)OC(CC(C(C)C)N(C)C(=O)Cc1ccc(F)cc1)c1nc(C(=O)NC(Cc2ccccc2)C[C@H](C)C(=O)O)cs1. The third-order valence-corrected chi connectivity index (χ3v) is 8.38. The van der Waals surface area contributed by atoms with Crippen LogP contribution in [0.5, 0.6) is 0 Å². The molecule has 0 radical (unpaired) electrons. The maximum atomic E-state index is 13.3. The van der Waals surface area contributed by atoms with Crippen molar-refractivity contribution < 1.29 is 33.4 Å². The molecule has 0 bridgehead atoms. The number of esters is 1. The van der Waals surface area contributed by atoms with Gasteiger partial charge in [0, 0.05) is 37.9 Å². The molecule has 3 aromatic rings. The minimum atomic E-state index is -0.946. The molecule has 0 saturated carbocycles. The van der Waals surface area contributed by atoms with Crippen LogP contribution in [0, 0.1) is 17.7 Å². The predicted molar refractivity (Wildman–Crippen MR) is 166 cm³/mol. The molecule has 2 N–H and O–H groups in total. The van der Waals surface area contributed by atoms with Crippen LogP contribution in [0.25, 0.3) is 0 Å². The van der Waals surface area contributed by atoms with E-state index in [0.29, 0.717) is 17.0 Å². The summed E-state index contributed by atoms with van der Waals surface area (Å²) >= 11 is 1.17. The summed E-state index contributed by atoms with van der Waals surface area (Å²) in [5, 5.41) is 14.4. The number of carboxylic acid groups (broad SMARTS) is 1. The molecule has 3 rings (SSSR count). The van der Waals surface area contributed by atoms with Crippen molar-refractivity contribution in [1.82, 2.24) is 15.2 Å². The number of aromatic nitrogens is 1. The predicted octanol–water partition coefficient (Wildman–Crippen LogP) is 5.45. The third kappa shape index (κ3) is 10.3. The Morgan fingerprint density at radius 1 is 1.00 bits per heavy atom. The Kier molecular flexibility index (Phi) is 12.6. The van der Waals surface area contributed by atoms with Crippen LogP contribution in [0.1, 0.15) is 73.3 Å². The van der Waals surface area contributed by atoms with E-state index in [9.17, 15) is 28.7 Å². The molecule has 1 heterocycles. The Labute approximate surface area is 261 Å². The van der Waals surface area contributed by atoms with Gasteiger partial charge in [0.1, 0.15) is 16.5 Å². The highest BCUT2D eigenvalue weighted by atomic mass is 32.1. The van der Waals surface area contributed by atoms with Crippen molar-refractivity contribution in [3.63, 3.8) is 0 Å². The van der Waals surface area contributed by atoms with Crippen LogP contribution in [-0.2, 0) is 32.0 Å². The number of nitrogens with one attached hydrogen (secondary N) is 1. The molecule has 2 amide bonds. The number of carboxylic acids is 1. The van der Waals surface area contributed by atoms with Crippen LogP contribution in [-0.4, -0.2) is 57.9 Å². The van der Waals surface area contributed by atoms with E-state index in [2.05, 4.69) is 10.3 Å². The number of ether oxygens (including phenoxy) is 1. The van der Waals surface area contributed by atoms with Gasteiger partial charge in [-0.25, -0.2) is 9.37 Å². The lowest BCUT2D eigenvalue weighted by molar-refractivity contribution is -0.148. The van der Waals surface area contributed by atoms with Crippen LogP contribution in [0.4, 0.5) is 4.39 Å². The summed E-state index contributed by atoms with van der Waals surface area (Å²) in [6.07, 6.45) is 0.220. The van der Waals surface area contributed by atoms with Crippen LogP contribution >= 0.6 is 11.3 Å². The molecule has 4 atom stereocenters. The van der Waals surface area contributed by atoms with Crippen LogP contribution in [0.15, 0.2) is 60.0 Å². The second-order valence-electron chi connectivity index (χ2n) is 11.4. The first-order chi connectivity index (χ1) is 20.8. The fraction of sp³-hybridized carbons (Fsp3) is 0.424. The second kappa shape index (κ2) is 16.1. The molecule has 2 aromatic carbocycles. The second-order valence-corrected chi connectivity index (χ2v) is 12.2. The van der Waals surface area contributed by atoms with Crippen molar-refractivity contribution in [3.8, 4) is 0 Å². The number of thiazole rings is 1. The first kappa shape index (κ1) is 34.4. The van der Waals surface area contributed by atoms with Gasteiger partial charge in [-0.3, -0.25) is 19.2 Å². The highest BCUT2D eigenvalue weighted by Crippen LogP contribution is 2.30. The van der Waals surface area contributed by atoms with Gasteiger partial charge in [-0.1, -0.05) is 63.2 Å². The van der Waals surface area contributed by atoms with Crippen LogP contribution in [0.3, 0.4) is 0 Å². The summed E-state index contributed by atoms with van der Waals surface area (Å²) < 4.78 is 19.0. The van der Waals surface area contributed by atoms with Crippen molar-refractivity contribution in [2.75, 3.05) is 7.05 Å². The molecule has 0 aliphatic carbocycles. The Hall–Kier alpha value is -4.12. The molecule has 9 nitrogen and oxygen atoms in total.